The molecule has 1 saturated heterocycles. The topological polar surface area (TPSA) is 141 Å². The zero-order chi connectivity index (χ0) is 22.7. The number of carbonyl (C=O) groups is 2. The third-order valence-electron chi connectivity index (χ3n) is 5.93. The molecule has 3 amide bonds. The third-order valence-corrected chi connectivity index (χ3v) is 5.93. The van der Waals surface area contributed by atoms with E-state index in [9.17, 15) is 9.59 Å². The number of nitrogens with one attached hydrogen (secondary N) is 1. The van der Waals surface area contributed by atoms with Crippen molar-refractivity contribution < 1.29 is 14.0 Å². The third kappa shape index (κ3) is 3.16. The summed E-state index contributed by atoms with van der Waals surface area (Å²) in [5, 5.41) is 11.8. The van der Waals surface area contributed by atoms with Crippen LogP contribution in [0.1, 0.15) is 29.0 Å². The Hall–Kier alpha value is -4.13. The lowest BCUT2D eigenvalue weighted by Gasteiger charge is -2.28. The molecule has 2 aromatic heterocycles. The second-order valence-electron chi connectivity index (χ2n) is 8.21. The number of amides is 3. The molecule has 1 atom stereocenters. The molecule has 3 aliphatic heterocycles. The van der Waals surface area contributed by atoms with E-state index in [1.807, 2.05) is 0 Å². The maximum absolute atomic E-state index is 13.0. The average Bonchev–Trinajstić information content (AvgIpc) is 3.22. The zero-order valence-corrected chi connectivity index (χ0v) is 17.8. The number of fused-ring (bicyclic) bond motifs is 3. The fourth-order valence-corrected chi connectivity index (χ4v) is 4.08. The SMILES string of the molecule is CN1C(=O)N(CCn2cc(C(=O)NC3CC3)cn2)C2N=C3C(=C(c4ccco4)N=CN3N)N21. The van der Waals surface area contributed by atoms with Gasteiger partial charge >= 0.3 is 6.03 Å². The molecule has 0 spiro atoms. The highest BCUT2D eigenvalue weighted by atomic mass is 16.3. The maximum Gasteiger partial charge on any atom is 0.341 e. The molecule has 6 rings (SSSR count). The van der Waals surface area contributed by atoms with Gasteiger partial charge in [-0.3, -0.25) is 14.4 Å². The molecule has 0 radical (unpaired) electrons. The van der Waals surface area contributed by atoms with E-state index in [4.69, 9.17) is 15.3 Å². The number of aromatic nitrogens is 2. The highest BCUT2D eigenvalue weighted by molar-refractivity contribution is 6.12. The summed E-state index contributed by atoms with van der Waals surface area (Å²) in [4.78, 5) is 36.0. The summed E-state index contributed by atoms with van der Waals surface area (Å²) in [6, 6.07) is 3.62. The lowest BCUT2D eigenvalue weighted by molar-refractivity contribution is 0.0857. The highest BCUT2D eigenvalue weighted by Crippen LogP contribution is 2.38. The first-order chi connectivity index (χ1) is 16.0. The van der Waals surface area contributed by atoms with Crippen molar-refractivity contribution in [3.05, 3.63) is 47.8 Å². The standard InChI is InChI=1S/C20H22N10O3/c1-26-20(32)28(7-6-27-10-12(9-23-27)18(31)24-13-4-5-13)19-25-17-16(30(19)26)15(22-11-29(17)21)14-3-2-8-33-14/h2-3,8-11,13,19H,4-7,21H2,1H3,(H,24,31). The zero-order valence-electron chi connectivity index (χ0n) is 17.8. The molecule has 13 heteroatoms. The normalized spacial score (nSPS) is 21.7. The van der Waals surface area contributed by atoms with Crippen LogP contribution in [0.4, 0.5) is 4.79 Å². The number of amidine groups is 1. The number of furan rings is 1. The Morgan fingerprint density at radius 2 is 2.18 bits per heavy atom. The first-order valence-corrected chi connectivity index (χ1v) is 10.6. The minimum atomic E-state index is -0.613. The fourth-order valence-electron chi connectivity index (χ4n) is 4.08. The van der Waals surface area contributed by atoms with Crippen LogP contribution in [0.5, 0.6) is 0 Å². The molecule has 1 aliphatic carbocycles. The number of hydrogen-bond donors (Lipinski definition) is 2. The summed E-state index contributed by atoms with van der Waals surface area (Å²) in [6.45, 7) is 0.736. The van der Waals surface area contributed by atoms with Crippen molar-refractivity contribution in [2.24, 2.45) is 15.8 Å². The lowest BCUT2D eigenvalue weighted by Crippen LogP contribution is -2.44. The molecule has 0 aromatic carbocycles. The van der Waals surface area contributed by atoms with Crippen LogP contribution >= 0.6 is 0 Å². The van der Waals surface area contributed by atoms with Gasteiger partial charge in [0.15, 0.2) is 11.6 Å². The molecule has 33 heavy (non-hydrogen) atoms. The molecule has 170 valence electrons. The van der Waals surface area contributed by atoms with Gasteiger partial charge in [-0.25, -0.2) is 35.6 Å². The summed E-state index contributed by atoms with van der Waals surface area (Å²) in [7, 11) is 1.67. The van der Waals surface area contributed by atoms with Gasteiger partial charge in [-0.1, -0.05) is 0 Å². The van der Waals surface area contributed by atoms with Crippen molar-refractivity contribution >= 4 is 29.8 Å². The average molecular weight is 450 g/mol. The van der Waals surface area contributed by atoms with Crippen LogP contribution in [-0.4, -0.2) is 79.7 Å². The summed E-state index contributed by atoms with van der Waals surface area (Å²) >= 11 is 0. The second kappa shape index (κ2) is 7.20. The molecule has 0 bridgehead atoms. The summed E-state index contributed by atoms with van der Waals surface area (Å²) in [5.41, 5.74) is 1.64. The Labute approximate surface area is 188 Å². The quantitative estimate of drug-likeness (QED) is 0.601. The first kappa shape index (κ1) is 19.5. The fraction of sp³-hybridized carbons (Fsp3) is 0.350. The van der Waals surface area contributed by atoms with E-state index in [0.29, 0.717) is 41.6 Å². The van der Waals surface area contributed by atoms with Crippen molar-refractivity contribution in [2.75, 3.05) is 13.6 Å². The molecular weight excluding hydrogens is 428 g/mol. The first-order valence-electron chi connectivity index (χ1n) is 10.6. The number of rotatable bonds is 6. The van der Waals surface area contributed by atoms with Crippen LogP contribution in [-0.2, 0) is 6.54 Å². The van der Waals surface area contributed by atoms with E-state index >= 15 is 0 Å². The predicted molar refractivity (Wildman–Crippen MR) is 116 cm³/mol. The van der Waals surface area contributed by atoms with Gasteiger partial charge in [0.1, 0.15) is 17.7 Å². The maximum atomic E-state index is 13.0. The van der Waals surface area contributed by atoms with E-state index in [2.05, 4.69) is 15.4 Å². The predicted octanol–water partition coefficient (Wildman–Crippen LogP) is 0.235. The van der Waals surface area contributed by atoms with Gasteiger partial charge in [0.2, 0.25) is 6.29 Å². The van der Waals surface area contributed by atoms with E-state index in [-0.39, 0.29) is 18.0 Å². The van der Waals surface area contributed by atoms with Gasteiger partial charge in [0.25, 0.3) is 5.91 Å². The van der Waals surface area contributed by atoms with Gasteiger partial charge in [-0.15, -0.1) is 0 Å². The van der Waals surface area contributed by atoms with Gasteiger partial charge in [-0.05, 0) is 25.0 Å². The summed E-state index contributed by atoms with van der Waals surface area (Å²) in [5.74, 6) is 7.00. The Bertz CT molecular complexity index is 1210. The number of hydrogen-bond acceptors (Lipinski definition) is 9. The van der Waals surface area contributed by atoms with Crippen molar-refractivity contribution in [1.29, 1.82) is 0 Å². The Morgan fingerprint density at radius 3 is 2.94 bits per heavy atom. The second-order valence-corrected chi connectivity index (χ2v) is 8.21. The molecular formula is C20H22N10O3. The largest absolute Gasteiger partial charge is 0.463 e. The smallest absolute Gasteiger partial charge is 0.341 e. The van der Waals surface area contributed by atoms with Crippen LogP contribution in [0.3, 0.4) is 0 Å². The van der Waals surface area contributed by atoms with Crippen LogP contribution in [0.25, 0.3) is 5.70 Å². The van der Waals surface area contributed by atoms with Gasteiger partial charge in [0.05, 0.1) is 24.6 Å². The number of aliphatic imine (C=N–C) groups is 2. The number of urea groups is 1. The Kier molecular flexibility index (Phi) is 4.26. The molecule has 1 unspecified atom stereocenters. The Morgan fingerprint density at radius 1 is 1.33 bits per heavy atom. The van der Waals surface area contributed by atoms with E-state index < -0.39 is 6.29 Å². The molecule has 5 heterocycles. The molecule has 1 saturated carbocycles. The number of carbonyl (C=O) groups excluding carboxylic acids is 2. The Balaban J connectivity index is 1.23. The summed E-state index contributed by atoms with van der Waals surface area (Å²) < 4.78 is 7.19. The molecule has 4 aliphatic rings. The molecule has 13 nitrogen and oxygen atoms in total. The monoisotopic (exact) mass is 450 g/mol. The lowest BCUT2D eigenvalue weighted by atomic mass is 10.2. The molecule has 3 N–H and O–H groups in total. The molecule has 2 aromatic rings. The minimum Gasteiger partial charge on any atom is -0.463 e. The van der Waals surface area contributed by atoms with E-state index in [1.54, 1.807) is 46.2 Å². The van der Waals surface area contributed by atoms with Gasteiger partial charge < -0.3 is 9.73 Å². The minimum absolute atomic E-state index is 0.126. The van der Waals surface area contributed by atoms with E-state index in [0.717, 1.165) is 12.8 Å². The van der Waals surface area contributed by atoms with Crippen LogP contribution in [0.2, 0.25) is 0 Å². The van der Waals surface area contributed by atoms with Crippen molar-refractivity contribution in [3.8, 4) is 0 Å². The number of hydrazine groups is 2. The van der Waals surface area contributed by atoms with Crippen molar-refractivity contribution in [3.63, 3.8) is 0 Å². The number of nitrogens with zero attached hydrogens (tertiary/aromatic N) is 8. The van der Waals surface area contributed by atoms with Crippen molar-refractivity contribution in [2.45, 2.75) is 31.7 Å². The van der Waals surface area contributed by atoms with E-state index in [1.165, 1.54) is 22.6 Å². The molecule has 2 fully saturated rings. The van der Waals surface area contributed by atoms with Gasteiger partial charge in [-0.2, -0.15) is 5.10 Å². The van der Waals surface area contributed by atoms with Crippen molar-refractivity contribution in [1.82, 2.24) is 35.0 Å². The van der Waals surface area contributed by atoms with Crippen LogP contribution in [0.15, 0.2) is 50.9 Å². The van der Waals surface area contributed by atoms with Crippen LogP contribution < -0.4 is 11.2 Å². The van der Waals surface area contributed by atoms with Crippen LogP contribution in [0, 0.1) is 0 Å². The van der Waals surface area contributed by atoms with Gasteiger partial charge in [0, 0.05) is 25.8 Å². The summed E-state index contributed by atoms with van der Waals surface area (Å²) in [6.07, 6.45) is 7.68. The number of nitrogens with two attached hydrogens (primary N) is 1. The highest BCUT2D eigenvalue weighted by Gasteiger charge is 2.51.